The Morgan fingerprint density at radius 2 is 1.21 bits per heavy atom. The average molecular weight is 554 g/mol. The summed E-state index contributed by atoms with van der Waals surface area (Å²) in [5.41, 5.74) is 8.54. The number of benzene rings is 5. The van der Waals surface area contributed by atoms with Gasteiger partial charge in [-0.3, -0.25) is 4.57 Å². The first-order chi connectivity index (χ1) is 21.3. The van der Waals surface area contributed by atoms with Crippen molar-refractivity contribution in [3.8, 4) is 39.9 Å². The number of hydrogen-bond donors (Lipinski definition) is 0. The minimum atomic E-state index is 0.599. The molecule has 0 unspecified atom stereocenters. The van der Waals surface area contributed by atoms with E-state index in [1.165, 1.54) is 0 Å². The molecule has 0 atom stereocenters. The fraction of sp³-hybridized carbons (Fsp3) is 0. The maximum absolute atomic E-state index is 6.25. The molecule has 0 N–H and O–H groups in total. The lowest BCUT2D eigenvalue weighted by Gasteiger charge is -2.09. The first kappa shape index (κ1) is 23.7. The SMILES string of the molecule is c1ccc(-c2cccc(-n3c4ccc(-c5cc6ccccc6o5)cc4c4cc(-c5nc6ccccc6o5)ccc43)n2)cc1. The van der Waals surface area contributed by atoms with Crippen LogP contribution in [0.25, 0.3) is 83.7 Å². The highest BCUT2D eigenvalue weighted by molar-refractivity contribution is 6.11. The Labute approximate surface area is 246 Å². The summed E-state index contributed by atoms with van der Waals surface area (Å²) in [6.45, 7) is 0. The van der Waals surface area contributed by atoms with Gasteiger partial charge in [0.25, 0.3) is 0 Å². The number of oxazole rings is 1. The zero-order valence-electron chi connectivity index (χ0n) is 22.9. The molecule has 0 bridgehead atoms. The van der Waals surface area contributed by atoms with Gasteiger partial charge in [0.05, 0.1) is 16.7 Å². The van der Waals surface area contributed by atoms with Gasteiger partial charge < -0.3 is 8.83 Å². The summed E-state index contributed by atoms with van der Waals surface area (Å²) >= 11 is 0. The molecule has 0 aliphatic carbocycles. The summed E-state index contributed by atoms with van der Waals surface area (Å²) in [5, 5.41) is 3.26. The normalized spacial score (nSPS) is 11.7. The number of pyridine rings is 1. The van der Waals surface area contributed by atoms with Gasteiger partial charge in [-0.1, -0.05) is 66.7 Å². The molecule has 43 heavy (non-hydrogen) atoms. The molecule has 0 amide bonds. The fourth-order valence-corrected chi connectivity index (χ4v) is 5.99. The number of aromatic nitrogens is 3. The minimum Gasteiger partial charge on any atom is -0.456 e. The first-order valence-corrected chi connectivity index (χ1v) is 14.2. The predicted octanol–water partition coefficient (Wildman–Crippen LogP) is 10.1. The van der Waals surface area contributed by atoms with Crippen LogP contribution in [0.15, 0.2) is 148 Å². The number of nitrogens with zero attached hydrogens (tertiary/aromatic N) is 3. The Balaban J connectivity index is 1.29. The lowest BCUT2D eigenvalue weighted by atomic mass is 10.1. The van der Waals surface area contributed by atoms with E-state index in [4.69, 9.17) is 18.8 Å². The lowest BCUT2D eigenvalue weighted by molar-refractivity contribution is 0.620. The van der Waals surface area contributed by atoms with Crippen molar-refractivity contribution in [1.29, 1.82) is 0 Å². The van der Waals surface area contributed by atoms with E-state index >= 15 is 0 Å². The Morgan fingerprint density at radius 1 is 0.488 bits per heavy atom. The van der Waals surface area contributed by atoms with E-state index in [1.807, 2.05) is 60.7 Å². The number of hydrogen-bond acceptors (Lipinski definition) is 4. The van der Waals surface area contributed by atoms with Gasteiger partial charge >= 0.3 is 0 Å². The number of rotatable bonds is 4. The van der Waals surface area contributed by atoms with Gasteiger partial charge in [-0.15, -0.1) is 0 Å². The molecule has 9 aromatic rings. The smallest absolute Gasteiger partial charge is 0.227 e. The average Bonchev–Trinajstić information content (AvgIpc) is 3.78. The summed E-state index contributed by atoms with van der Waals surface area (Å²) in [4.78, 5) is 9.89. The number of furan rings is 1. The summed E-state index contributed by atoms with van der Waals surface area (Å²) in [6, 6.07) is 47.4. The standard InChI is InChI=1S/C38H23N3O2/c1-2-9-24(10-3-1)30-13-8-16-37(39-30)41-32-19-17-26(36-23-25-11-4-6-14-34(25)42-36)21-28(32)29-22-27(18-20-33(29)41)38-40-31-12-5-7-15-35(31)43-38/h1-23H. The van der Waals surface area contributed by atoms with Crippen LogP contribution < -0.4 is 0 Å². The molecule has 0 radical (unpaired) electrons. The third-order valence-corrected chi connectivity index (χ3v) is 8.05. The predicted molar refractivity (Wildman–Crippen MR) is 172 cm³/mol. The van der Waals surface area contributed by atoms with Crippen molar-refractivity contribution in [3.05, 3.63) is 140 Å². The molecule has 5 aromatic carbocycles. The van der Waals surface area contributed by atoms with Crippen LogP contribution in [0.1, 0.15) is 0 Å². The van der Waals surface area contributed by atoms with Gasteiger partial charge in [0, 0.05) is 32.8 Å². The Morgan fingerprint density at radius 3 is 2.02 bits per heavy atom. The summed E-state index contributed by atoms with van der Waals surface area (Å²) in [6.07, 6.45) is 0. The number of fused-ring (bicyclic) bond motifs is 5. The van der Waals surface area contributed by atoms with Crippen molar-refractivity contribution >= 4 is 43.9 Å². The highest BCUT2D eigenvalue weighted by Gasteiger charge is 2.18. The monoisotopic (exact) mass is 553 g/mol. The van der Waals surface area contributed by atoms with Crippen molar-refractivity contribution in [2.45, 2.75) is 0 Å². The molecule has 5 heteroatoms. The first-order valence-electron chi connectivity index (χ1n) is 14.2. The van der Waals surface area contributed by atoms with Crippen LogP contribution >= 0.6 is 0 Å². The van der Waals surface area contributed by atoms with Crippen molar-refractivity contribution in [3.63, 3.8) is 0 Å². The molecule has 0 aliphatic rings. The maximum atomic E-state index is 6.25. The third-order valence-electron chi connectivity index (χ3n) is 8.05. The molecular weight excluding hydrogens is 530 g/mol. The molecule has 0 fully saturated rings. The van der Waals surface area contributed by atoms with Crippen molar-refractivity contribution < 1.29 is 8.83 Å². The van der Waals surface area contributed by atoms with Crippen LogP contribution in [0.5, 0.6) is 0 Å². The lowest BCUT2D eigenvalue weighted by Crippen LogP contribution is -1.98. The van der Waals surface area contributed by atoms with Crippen LogP contribution in [0.3, 0.4) is 0 Å². The van der Waals surface area contributed by atoms with Crippen molar-refractivity contribution in [1.82, 2.24) is 14.5 Å². The summed E-state index contributed by atoms with van der Waals surface area (Å²) in [7, 11) is 0. The fourth-order valence-electron chi connectivity index (χ4n) is 5.99. The molecule has 4 aromatic heterocycles. The molecule has 0 saturated carbocycles. The van der Waals surface area contributed by atoms with E-state index in [2.05, 4.69) is 83.4 Å². The van der Waals surface area contributed by atoms with Gasteiger partial charge in [0.1, 0.15) is 22.7 Å². The Bertz CT molecular complexity index is 2270. The molecule has 202 valence electrons. The molecular formula is C38H23N3O2. The quantitative estimate of drug-likeness (QED) is 0.218. The van der Waals surface area contributed by atoms with Crippen LogP contribution in [-0.4, -0.2) is 14.5 Å². The molecule has 0 aliphatic heterocycles. The van der Waals surface area contributed by atoms with E-state index < -0.39 is 0 Å². The van der Waals surface area contributed by atoms with Gasteiger partial charge in [0.2, 0.25) is 5.89 Å². The summed E-state index contributed by atoms with van der Waals surface area (Å²) in [5.74, 6) is 2.29. The highest BCUT2D eigenvalue weighted by atomic mass is 16.3. The molecule has 5 nitrogen and oxygen atoms in total. The maximum Gasteiger partial charge on any atom is 0.227 e. The van der Waals surface area contributed by atoms with Crippen LogP contribution in [-0.2, 0) is 0 Å². The molecule has 0 spiro atoms. The van der Waals surface area contributed by atoms with E-state index in [1.54, 1.807) is 0 Å². The largest absolute Gasteiger partial charge is 0.456 e. The van der Waals surface area contributed by atoms with Gasteiger partial charge in [-0.2, -0.15) is 0 Å². The Kier molecular flexibility index (Phi) is 5.13. The third kappa shape index (κ3) is 3.86. The van der Waals surface area contributed by atoms with E-state index in [-0.39, 0.29) is 0 Å². The van der Waals surface area contributed by atoms with Gasteiger partial charge in [0.15, 0.2) is 5.58 Å². The van der Waals surface area contributed by atoms with Gasteiger partial charge in [-0.25, -0.2) is 9.97 Å². The second-order valence-corrected chi connectivity index (χ2v) is 10.7. The van der Waals surface area contributed by atoms with Crippen LogP contribution in [0.4, 0.5) is 0 Å². The second kappa shape index (κ2) is 9.29. The van der Waals surface area contributed by atoms with Crippen LogP contribution in [0, 0.1) is 0 Å². The van der Waals surface area contributed by atoms with Crippen LogP contribution in [0.2, 0.25) is 0 Å². The Hall–Kier alpha value is -5.94. The van der Waals surface area contributed by atoms with Crippen molar-refractivity contribution in [2.24, 2.45) is 0 Å². The van der Waals surface area contributed by atoms with E-state index in [9.17, 15) is 0 Å². The molecule has 9 rings (SSSR count). The number of para-hydroxylation sites is 3. The summed E-state index contributed by atoms with van der Waals surface area (Å²) < 4.78 is 14.6. The van der Waals surface area contributed by atoms with E-state index in [0.717, 1.165) is 77.8 Å². The van der Waals surface area contributed by atoms with Gasteiger partial charge in [-0.05, 0) is 72.8 Å². The van der Waals surface area contributed by atoms with Crippen molar-refractivity contribution in [2.75, 3.05) is 0 Å². The molecule has 0 saturated heterocycles. The minimum absolute atomic E-state index is 0.599. The second-order valence-electron chi connectivity index (χ2n) is 10.7. The highest BCUT2D eigenvalue weighted by Crippen LogP contribution is 2.38. The topological polar surface area (TPSA) is 57.0 Å². The zero-order chi connectivity index (χ0) is 28.3. The van der Waals surface area contributed by atoms with E-state index in [0.29, 0.717) is 5.89 Å². The zero-order valence-corrected chi connectivity index (χ0v) is 22.9. The molecule has 4 heterocycles.